The summed E-state index contributed by atoms with van der Waals surface area (Å²) in [6, 6.07) is 3.90. The van der Waals surface area contributed by atoms with Crippen molar-refractivity contribution in [1.29, 1.82) is 0 Å². The van der Waals surface area contributed by atoms with E-state index in [1.807, 2.05) is 0 Å². The van der Waals surface area contributed by atoms with Crippen LogP contribution in [0.5, 0.6) is 0 Å². The smallest absolute Gasteiger partial charge is 0.318 e. The number of amides is 2. The van der Waals surface area contributed by atoms with Crippen LogP contribution in [0.1, 0.15) is 5.56 Å². The van der Waals surface area contributed by atoms with Crippen molar-refractivity contribution in [2.45, 2.75) is 6.54 Å². The number of carbonyl (C=O) groups is 1. The first-order valence-corrected chi connectivity index (χ1v) is 4.14. The second-order valence-electron chi connectivity index (χ2n) is 2.71. The third kappa shape index (κ3) is 2.43. The molecule has 0 spiro atoms. The second-order valence-corrected chi connectivity index (χ2v) is 2.71. The van der Waals surface area contributed by atoms with E-state index >= 15 is 0 Å². The molecule has 0 atom stereocenters. The number of hydrogen-bond acceptors (Lipinski definition) is 2. The summed E-state index contributed by atoms with van der Waals surface area (Å²) in [5, 5.41) is 4.91. The van der Waals surface area contributed by atoms with Gasteiger partial charge >= 0.3 is 6.03 Å². The normalized spacial score (nSPS) is 9.64. The summed E-state index contributed by atoms with van der Waals surface area (Å²) in [6.07, 6.45) is 0. The quantitative estimate of drug-likeness (QED) is 0.663. The predicted octanol–water partition coefficient (Wildman–Crippen LogP) is 1.04. The molecule has 76 valence electrons. The Labute approximate surface area is 81.3 Å². The molecule has 2 amide bonds. The van der Waals surface area contributed by atoms with E-state index in [9.17, 15) is 9.18 Å². The van der Waals surface area contributed by atoms with Crippen molar-refractivity contribution in [2.75, 3.05) is 12.4 Å². The van der Waals surface area contributed by atoms with Gasteiger partial charge in [0.15, 0.2) is 0 Å². The Bertz CT molecular complexity index is 341. The number of carbonyl (C=O) groups excluding carboxylic acids is 1. The maximum absolute atomic E-state index is 13.0. The molecule has 1 rings (SSSR count). The Hall–Kier alpha value is -1.62. The highest BCUT2D eigenvalue weighted by atomic mass is 19.1. The number of nitrogens with one attached hydrogen (secondary N) is 2. The highest BCUT2D eigenvalue weighted by molar-refractivity contribution is 5.89. The van der Waals surface area contributed by atoms with Crippen LogP contribution in [0, 0.1) is 5.82 Å². The van der Waals surface area contributed by atoms with E-state index in [1.54, 1.807) is 0 Å². The summed E-state index contributed by atoms with van der Waals surface area (Å²) in [4.78, 5) is 10.9. The van der Waals surface area contributed by atoms with Gasteiger partial charge in [0.1, 0.15) is 5.82 Å². The van der Waals surface area contributed by atoms with Gasteiger partial charge in [0.05, 0.1) is 0 Å². The number of urea groups is 1. The molecular formula is C9H12FN3O. The fraction of sp³-hybridized carbons (Fsp3) is 0.222. The molecule has 5 heteroatoms. The van der Waals surface area contributed by atoms with Crippen LogP contribution in [0.2, 0.25) is 0 Å². The maximum atomic E-state index is 13.0. The number of benzene rings is 1. The van der Waals surface area contributed by atoms with Crippen molar-refractivity contribution in [3.05, 3.63) is 29.6 Å². The molecule has 0 fully saturated rings. The molecule has 0 aliphatic rings. The van der Waals surface area contributed by atoms with Gasteiger partial charge in [-0.2, -0.15) is 0 Å². The summed E-state index contributed by atoms with van der Waals surface area (Å²) >= 11 is 0. The molecule has 0 aliphatic carbocycles. The first kappa shape index (κ1) is 10.5. The number of nitrogens with two attached hydrogens (primary N) is 1. The molecule has 0 radical (unpaired) electrons. The fourth-order valence-corrected chi connectivity index (χ4v) is 1.00. The van der Waals surface area contributed by atoms with Crippen LogP contribution in [0.4, 0.5) is 14.9 Å². The van der Waals surface area contributed by atoms with Crippen LogP contribution in [0.25, 0.3) is 0 Å². The average molecular weight is 197 g/mol. The van der Waals surface area contributed by atoms with Crippen molar-refractivity contribution in [1.82, 2.24) is 5.32 Å². The van der Waals surface area contributed by atoms with Crippen LogP contribution in [-0.4, -0.2) is 13.1 Å². The Morgan fingerprint density at radius 1 is 1.57 bits per heavy atom. The van der Waals surface area contributed by atoms with Crippen molar-refractivity contribution in [3.63, 3.8) is 0 Å². The molecule has 1 aromatic rings. The van der Waals surface area contributed by atoms with Gasteiger partial charge < -0.3 is 16.4 Å². The number of halogens is 1. The van der Waals surface area contributed by atoms with Gasteiger partial charge in [-0.25, -0.2) is 9.18 Å². The molecule has 0 saturated carbocycles. The number of hydrogen-bond donors (Lipinski definition) is 3. The van der Waals surface area contributed by atoms with Gasteiger partial charge in [0.25, 0.3) is 0 Å². The molecule has 0 aromatic heterocycles. The van der Waals surface area contributed by atoms with Gasteiger partial charge in [0, 0.05) is 24.8 Å². The first-order chi connectivity index (χ1) is 6.67. The lowest BCUT2D eigenvalue weighted by molar-refractivity contribution is 0.254. The standard InChI is InChI=1S/C9H12FN3O/c1-12-9(14)13-7-2-3-8(10)6(4-7)5-11/h2-4H,5,11H2,1H3,(H2,12,13,14). The van der Waals surface area contributed by atoms with Crippen molar-refractivity contribution in [3.8, 4) is 0 Å². The van der Waals surface area contributed by atoms with E-state index in [1.165, 1.54) is 25.2 Å². The lowest BCUT2D eigenvalue weighted by Crippen LogP contribution is -2.24. The molecule has 0 heterocycles. The minimum Gasteiger partial charge on any atom is -0.341 e. The summed E-state index contributed by atoms with van der Waals surface area (Å²) in [7, 11) is 1.50. The van der Waals surface area contributed by atoms with Crippen LogP contribution in [-0.2, 0) is 6.54 Å². The van der Waals surface area contributed by atoms with Gasteiger partial charge in [-0.1, -0.05) is 0 Å². The molecule has 0 saturated heterocycles. The Kier molecular flexibility index (Phi) is 3.41. The highest BCUT2D eigenvalue weighted by Gasteiger charge is 2.03. The summed E-state index contributed by atoms with van der Waals surface area (Å²) in [5.74, 6) is -0.366. The third-order valence-corrected chi connectivity index (χ3v) is 1.75. The van der Waals surface area contributed by atoms with Crippen molar-refractivity contribution < 1.29 is 9.18 Å². The second kappa shape index (κ2) is 4.57. The Morgan fingerprint density at radius 3 is 2.86 bits per heavy atom. The van der Waals surface area contributed by atoms with Crippen LogP contribution < -0.4 is 16.4 Å². The molecule has 14 heavy (non-hydrogen) atoms. The Morgan fingerprint density at radius 2 is 2.29 bits per heavy atom. The SMILES string of the molecule is CNC(=O)Nc1ccc(F)c(CN)c1. The van der Waals surface area contributed by atoms with E-state index in [-0.39, 0.29) is 18.4 Å². The lowest BCUT2D eigenvalue weighted by atomic mass is 10.2. The number of anilines is 1. The highest BCUT2D eigenvalue weighted by Crippen LogP contribution is 2.13. The zero-order chi connectivity index (χ0) is 10.6. The molecule has 1 aromatic carbocycles. The lowest BCUT2D eigenvalue weighted by Gasteiger charge is -2.06. The minimum atomic E-state index is -0.366. The summed E-state index contributed by atoms with van der Waals surface area (Å²) in [6.45, 7) is 0.106. The third-order valence-electron chi connectivity index (χ3n) is 1.75. The largest absolute Gasteiger partial charge is 0.341 e. The summed E-state index contributed by atoms with van der Waals surface area (Å²) < 4.78 is 13.0. The molecule has 0 aliphatic heterocycles. The topological polar surface area (TPSA) is 67.2 Å². The molecular weight excluding hydrogens is 185 g/mol. The van der Waals surface area contributed by atoms with Crippen LogP contribution >= 0.6 is 0 Å². The van der Waals surface area contributed by atoms with E-state index in [0.717, 1.165) is 0 Å². The average Bonchev–Trinajstić information content (AvgIpc) is 2.20. The van der Waals surface area contributed by atoms with Crippen LogP contribution in [0.3, 0.4) is 0 Å². The van der Waals surface area contributed by atoms with Gasteiger partial charge in [-0.05, 0) is 18.2 Å². The van der Waals surface area contributed by atoms with Crippen molar-refractivity contribution in [2.24, 2.45) is 5.73 Å². The van der Waals surface area contributed by atoms with Crippen molar-refractivity contribution >= 4 is 11.7 Å². The minimum absolute atomic E-state index is 0.106. The molecule has 0 unspecified atom stereocenters. The first-order valence-electron chi connectivity index (χ1n) is 4.14. The van der Waals surface area contributed by atoms with E-state index in [4.69, 9.17) is 5.73 Å². The van der Waals surface area contributed by atoms with Gasteiger partial charge in [0.2, 0.25) is 0 Å². The Balaban J connectivity index is 2.84. The van der Waals surface area contributed by atoms with Crippen LogP contribution in [0.15, 0.2) is 18.2 Å². The van der Waals surface area contributed by atoms with E-state index in [0.29, 0.717) is 11.3 Å². The van der Waals surface area contributed by atoms with Gasteiger partial charge in [-0.15, -0.1) is 0 Å². The van der Waals surface area contributed by atoms with Gasteiger partial charge in [-0.3, -0.25) is 0 Å². The fourth-order valence-electron chi connectivity index (χ4n) is 1.00. The molecule has 4 nitrogen and oxygen atoms in total. The zero-order valence-electron chi connectivity index (χ0n) is 7.80. The monoisotopic (exact) mass is 197 g/mol. The predicted molar refractivity (Wildman–Crippen MR) is 52.4 cm³/mol. The summed E-state index contributed by atoms with van der Waals surface area (Å²) in [5.41, 5.74) is 6.21. The zero-order valence-corrected chi connectivity index (χ0v) is 7.80. The molecule has 0 bridgehead atoms. The maximum Gasteiger partial charge on any atom is 0.318 e. The molecule has 4 N–H and O–H groups in total. The number of rotatable bonds is 2. The van der Waals surface area contributed by atoms with E-state index < -0.39 is 0 Å². The van der Waals surface area contributed by atoms with E-state index in [2.05, 4.69) is 10.6 Å².